The third-order valence-corrected chi connectivity index (χ3v) is 12.7. The number of fused-ring (bicyclic) bond motifs is 4. The van der Waals surface area contributed by atoms with Gasteiger partial charge in [0.25, 0.3) is 0 Å². The minimum absolute atomic E-state index is 0.0317. The first kappa shape index (κ1) is 40.1. The summed E-state index contributed by atoms with van der Waals surface area (Å²) >= 11 is 0. The number of imidazole rings is 2. The van der Waals surface area contributed by atoms with E-state index in [0.29, 0.717) is 13.1 Å². The Labute approximate surface area is 353 Å². The highest BCUT2D eigenvalue weighted by Crippen LogP contribution is 2.39. The Hall–Kier alpha value is -6.28. The number of amides is 4. The number of allylic oxidation sites excluding steroid dienone is 1. The van der Waals surface area contributed by atoms with Crippen molar-refractivity contribution in [3.8, 4) is 11.3 Å². The van der Waals surface area contributed by atoms with Crippen LogP contribution in [0.3, 0.4) is 0 Å². The van der Waals surface area contributed by atoms with Crippen LogP contribution in [0.5, 0.6) is 0 Å². The van der Waals surface area contributed by atoms with E-state index in [1.54, 1.807) is 0 Å². The number of hydrogen-bond donors (Lipinski definition) is 6. The molecule has 4 amide bonds. The second-order valence-electron chi connectivity index (χ2n) is 17.6. The van der Waals surface area contributed by atoms with Gasteiger partial charge in [-0.1, -0.05) is 45.9 Å². The maximum atomic E-state index is 13.7. The van der Waals surface area contributed by atoms with Crippen LogP contribution in [0.4, 0.5) is 0 Å². The number of aliphatic hydroxyl groups is 1. The molecule has 316 valence electrons. The summed E-state index contributed by atoms with van der Waals surface area (Å²) in [6.45, 7) is 9.67. The van der Waals surface area contributed by atoms with Crippen LogP contribution in [-0.4, -0.2) is 95.2 Å². The molecule has 14 heteroatoms. The second kappa shape index (κ2) is 16.0. The molecule has 0 spiro atoms. The van der Waals surface area contributed by atoms with Crippen molar-refractivity contribution in [1.29, 1.82) is 0 Å². The number of aromatic amines is 3. The fraction of sp³-hybridized carbons (Fsp3) is 0.404. The molecule has 6 aromatic rings. The number of benzene rings is 3. The molecule has 61 heavy (non-hydrogen) atoms. The van der Waals surface area contributed by atoms with Crippen molar-refractivity contribution in [2.75, 3.05) is 19.7 Å². The molecule has 2 saturated heterocycles. The van der Waals surface area contributed by atoms with Gasteiger partial charge in [0.15, 0.2) is 0 Å². The van der Waals surface area contributed by atoms with Gasteiger partial charge in [-0.05, 0) is 109 Å². The Kier molecular flexibility index (Phi) is 10.5. The number of H-pyrrole nitrogens is 3. The van der Waals surface area contributed by atoms with Crippen LogP contribution in [0, 0.1) is 11.8 Å². The maximum Gasteiger partial charge on any atom is 0.246 e. The van der Waals surface area contributed by atoms with Crippen LogP contribution >= 0.6 is 0 Å². The monoisotopic (exact) mass is 823 g/mol. The van der Waals surface area contributed by atoms with Crippen molar-refractivity contribution in [2.24, 2.45) is 11.8 Å². The first-order valence-electron chi connectivity index (χ1n) is 21.5. The molecular weight excluding hydrogens is 771 g/mol. The van der Waals surface area contributed by atoms with E-state index in [1.165, 1.54) is 23.6 Å². The normalized spacial score (nSPS) is 18.7. The number of aromatic nitrogens is 5. The lowest BCUT2D eigenvalue weighted by Crippen LogP contribution is -2.51. The van der Waals surface area contributed by atoms with Gasteiger partial charge in [-0.2, -0.15) is 0 Å². The Morgan fingerprint density at radius 3 is 1.89 bits per heavy atom. The predicted octanol–water partition coefficient (Wildman–Crippen LogP) is 6.31. The molecule has 6 N–H and O–H groups in total. The molecule has 3 aliphatic rings. The molecule has 2 aliphatic heterocycles. The summed E-state index contributed by atoms with van der Waals surface area (Å²) in [4.78, 5) is 75.4. The molecular formula is C47H53N9O5. The summed E-state index contributed by atoms with van der Waals surface area (Å²) < 4.78 is 0. The molecule has 5 heterocycles. The number of rotatable bonds is 11. The highest BCUT2D eigenvalue weighted by atomic mass is 16.3. The average molecular weight is 824 g/mol. The Morgan fingerprint density at radius 1 is 0.738 bits per heavy atom. The van der Waals surface area contributed by atoms with Gasteiger partial charge in [0, 0.05) is 42.2 Å². The lowest BCUT2D eigenvalue weighted by molar-refractivity contribution is -0.139. The van der Waals surface area contributed by atoms with Crippen LogP contribution in [0.25, 0.3) is 55.9 Å². The number of carbonyl (C=O) groups excluding carboxylic acids is 4. The summed E-state index contributed by atoms with van der Waals surface area (Å²) in [5.74, 6) is 0.339. The minimum atomic E-state index is -0.720. The van der Waals surface area contributed by atoms with Crippen LogP contribution < -0.4 is 10.6 Å². The standard InChI is InChI=1S/C47H53N9O5/c1-24(2)42(48-26(5)58)46(60)55-14-6-8-39(55)45-51-34-13-11-28(20-38(34)53-45)35-22-32-18-30-16-29(17-31(30)21-36(32)49-35)27-10-12-33-37(19-27)52-44(50-33)40-9-7-15-56(40)47(61)43(25(3)4)54-41(59)23-57/h10-13,17-22,24-25,39-40,42-43,49,57H,6-9,14-16,23H2,1-5H3,(H,48,58)(H,50,52)(H,51,53)(H,54,59)/t39?,40?,42-,43+/m1/s1. The van der Waals surface area contributed by atoms with E-state index >= 15 is 0 Å². The summed E-state index contributed by atoms with van der Waals surface area (Å²) in [5.41, 5.74) is 11.3. The van der Waals surface area contributed by atoms with Crippen molar-refractivity contribution >= 4 is 68.2 Å². The summed E-state index contributed by atoms with van der Waals surface area (Å²) in [6, 6.07) is 17.5. The fourth-order valence-electron chi connectivity index (χ4n) is 9.51. The zero-order valence-corrected chi connectivity index (χ0v) is 35.3. The average Bonchev–Trinajstić information content (AvgIpc) is 4.09. The van der Waals surface area contributed by atoms with Crippen LogP contribution in [0.2, 0.25) is 0 Å². The first-order valence-corrected chi connectivity index (χ1v) is 21.5. The smallest absolute Gasteiger partial charge is 0.246 e. The van der Waals surface area contributed by atoms with Gasteiger partial charge >= 0.3 is 0 Å². The maximum absolute atomic E-state index is 13.7. The zero-order chi connectivity index (χ0) is 42.7. The van der Waals surface area contributed by atoms with Crippen molar-refractivity contribution in [3.05, 3.63) is 82.9 Å². The van der Waals surface area contributed by atoms with Crippen molar-refractivity contribution in [2.45, 2.75) is 90.9 Å². The van der Waals surface area contributed by atoms with Crippen LogP contribution in [0.15, 0.2) is 54.6 Å². The molecule has 0 radical (unpaired) electrons. The molecule has 3 aromatic heterocycles. The van der Waals surface area contributed by atoms with Gasteiger partial charge in [0.2, 0.25) is 23.6 Å². The van der Waals surface area contributed by atoms with E-state index in [4.69, 9.17) is 9.97 Å². The second-order valence-corrected chi connectivity index (χ2v) is 17.6. The van der Waals surface area contributed by atoms with Gasteiger partial charge in [0.1, 0.15) is 30.3 Å². The van der Waals surface area contributed by atoms with E-state index in [0.717, 1.165) is 93.5 Å². The SMILES string of the molecule is CC(=O)N[C@@H](C(=O)N1CCCC1c1nc2ccc(-c3cc4cc5c(cc4[nH]3)C=C(c3ccc4nc(C6CCCN6C(=O)[C@@H](NC(=O)CO)C(C)C)[nH]c4c3)C5)cc2[nH]1)C(C)C. The third kappa shape index (κ3) is 7.58. The molecule has 2 fully saturated rings. The van der Waals surface area contributed by atoms with E-state index < -0.39 is 24.6 Å². The summed E-state index contributed by atoms with van der Waals surface area (Å²) in [7, 11) is 0. The van der Waals surface area contributed by atoms with Gasteiger partial charge in [-0.15, -0.1) is 0 Å². The van der Waals surface area contributed by atoms with Gasteiger partial charge < -0.3 is 40.5 Å². The summed E-state index contributed by atoms with van der Waals surface area (Å²) in [5, 5.41) is 16.0. The van der Waals surface area contributed by atoms with Gasteiger partial charge in [-0.3, -0.25) is 19.2 Å². The van der Waals surface area contributed by atoms with Crippen LogP contribution in [-0.2, 0) is 25.6 Å². The molecule has 2 unspecified atom stereocenters. The van der Waals surface area contributed by atoms with Crippen molar-refractivity contribution in [1.82, 2.24) is 45.4 Å². The van der Waals surface area contributed by atoms with Crippen molar-refractivity contribution in [3.63, 3.8) is 0 Å². The molecule has 9 rings (SSSR count). The number of carbonyl (C=O) groups is 4. The molecule has 1 aliphatic carbocycles. The lowest BCUT2D eigenvalue weighted by atomic mass is 10.0. The largest absolute Gasteiger partial charge is 0.387 e. The molecule has 0 saturated carbocycles. The number of hydrogen-bond acceptors (Lipinski definition) is 7. The van der Waals surface area contributed by atoms with E-state index in [-0.39, 0.29) is 41.6 Å². The van der Waals surface area contributed by atoms with Gasteiger partial charge in [-0.25, -0.2) is 9.97 Å². The van der Waals surface area contributed by atoms with Gasteiger partial charge in [0.05, 0.1) is 34.2 Å². The predicted molar refractivity (Wildman–Crippen MR) is 235 cm³/mol. The van der Waals surface area contributed by atoms with E-state index in [1.807, 2.05) is 49.6 Å². The molecule has 0 bridgehead atoms. The van der Waals surface area contributed by atoms with E-state index in [9.17, 15) is 24.3 Å². The van der Waals surface area contributed by atoms with Crippen molar-refractivity contribution < 1.29 is 24.3 Å². The zero-order valence-electron chi connectivity index (χ0n) is 35.3. The fourth-order valence-corrected chi connectivity index (χ4v) is 9.51. The number of nitrogens with one attached hydrogen (secondary N) is 5. The third-order valence-electron chi connectivity index (χ3n) is 12.7. The Bertz CT molecular complexity index is 2740. The summed E-state index contributed by atoms with van der Waals surface area (Å²) in [6.07, 6.45) is 6.35. The number of likely N-dealkylation sites (tertiary alicyclic amines) is 2. The topological polar surface area (TPSA) is 192 Å². The van der Waals surface area contributed by atoms with E-state index in [2.05, 4.69) is 74.1 Å². The number of aliphatic hydroxyl groups excluding tert-OH is 1. The first-order chi connectivity index (χ1) is 29.3. The minimum Gasteiger partial charge on any atom is -0.387 e. The highest BCUT2D eigenvalue weighted by molar-refractivity contribution is 5.97. The molecule has 14 nitrogen and oxygen atoms in total. The lowest BCUT2D eigenvalue weighted by Gasteiger charge is -2.30. The Balaban J connectivity index is 0.919. The molecule has 3 aromatic carbocycles. The number of nitrogens with zero attached hydrogens (tertiary/aromatic N) is 4. The quantitative estimate of drug-likeness (QED) is 0.0883. The Morgan fingerprint density at radius 2 is 1.31 bits per heavy atom. The molecule has 4 atom stereocenters. The van der Waals surface area contributed by atoms with Crippen LogP contribution in [0.1, 0.15) is 101 Å². The highest BCUT2D eigenvalue weighted by Gasteiger charge is 2.39.